The van der Waals surface area contributed by atoms with Crippen LogP contribution in [-0.2, 0) is 6.54 Å². The summed E-state index contributed by atoms with van der Waals surface area (Å²) in [7, 11) is 2.09. The third-order valence-corrected chi connectivity index (χ3v) is 3.93. The maximum absolute atomic E-state index is 12.0. The molecule has 0 amide bonds. The molecule has 0 spiro atoms. The van der Waals surface area contributed by atoms with Crippen molar-refractivity contribution in [1.82, 2.24) is 4.90 Å². The number of hydrogen-bond acceptors (Lipinski definition) is 2. The van der Waals surface area contributed by atoms with E-state index in [-0.39, 0.29) is 5.78 Å². The molecule has 0 aliphatic carbocycles. The number of hydrogen-bond donors (Lipinski definition) is 0. The van der Waals surface area contributed by atoms with Crippen molar-refractivity contribution in [3.05, 3.63) is 70.2 Å². The lowest BCUT2D eigenvalue weighted by atomic mass is 10.1. The zero-order valence-corrected chi connectivity index (χ0v) is 13.8. The molecule has 0 saturated heterocycles. The first-order chi connectivity index (χ1) is 10.1. The van der Waals surface area contributed by atoms with Gasteiger partial charge in [0.2, 0.25) is 0 Å². The third kappa shape index (κ3) is 5.44. The van der Waals surface area contributed by atoms with Gasteiger partial charge in [0.1, 0.15) is 0 Å². The van der Waals surface area contributed by atoms with Crippen LogP contribution in [0.25, 0.3) is 0 Å². The highest BCUT2D eigenvalue weighted by molar-refractivity contribution is 9.10. The zero-order valence-electron chi connectivity index (χ0n) is 12.3. The van der Waals surface area contributed by atoms with Crippen LogP contribution in [0, 0.1) is 0 Å². The topological polar surface area (TPSA) is 20.3 Å². The van der Waals surface area contributed by atoms with Gasteiger partial charge in [-0.25, -0.2) is 0 Å². The SMILES string of the molecule is CN(CCCC(=O)c1ccccc1)Cc1ccc(Br)cc1. The number of rotatable bonds is 7. The fourth-order valence-electron chi connectivity index (χ4n) is 2.26. The Morgan fingerprint density at radius 2 is 1.71 bits per heavy atom. The van der Waals surface area contributed by atoms with Crippen molar-refractivity contribution in [3.63, 3.8) is 0 Å². The molecule has 2 nitrogen and oxygen atoms in total. The van der Waals surface area contributed by atoms with E-state index >= 15 is 0 Å². The summed E-state index contributed by atoms with van der Waals surface area (Å²) in [4.78, 5) is 14.2. The lowest BCUT2D eigenvalue weighted by Gasteiger charge is -2.16. The Morgan fingerprint density at radius 1 is 1.05 bits per heavy atom. The summed E-state index contributed by atoms with van der Waals surface area (Å²) in [6, 6.07) is 17.9. The first-order valence-corrected chi connectivity index (χ1v) is 7.95. The van der Waals surface area contributed by atoms with E-state index in [0.29, 0.717) is 6.42 Å². The number of carbonyl (C=O) groups is 1. The van der Waals surface area contributed by atoms with Gasteiger partial charge >= 0.3 is 0 Å². The van der Waals surface area contributed by atoms with Crippen molar-refractivity contribution < 1.29 is 4.79 Å². The van der Waals surface area contributed by atoms with E-state index in [2.05, 4.69) is 52.1 Å². The minimum Gasteiger partial charge on any atom is -0.302 e. The molecule has 0 fully saturated rings. The number of ketones is 1. The molecule has 0 N–H and O–H groups in total. The zero-order chi connectivity index (χ0) is 15.1. The van der Waals surface area contributed by atoms with Gasteiger partial charge in [-0.1, -0.05) is 58.4 Å². The molecule has 0 aliphatic heterocycles. The van der Waals surface area contributed by atoms with Crippen LogP contribution in [0.2, 0.25) is 0 Å². The van der Waals surface area contributed by atoms with Gasteiger partial charge in [-0.15, -0.1) is 0 Å². The second kappa shape index (κ2) is 8.11. The summed E-state index contributed by atoms with van der Waals surface area (Å²) in [6.45, 7) is 1.83. The fourth-order valence-corrected chi connectivity index (χ4v) is 2.52. The molecule has 0 aliphatic rings. The minimum atomic E-state index is 0.229. The van der Waals surface area contributed by atoms with Crippen molar-refractivity contribution in [1.29, 1.82) is 0 Å². The van der Waals surface area contributed by atoms with Crippen molar-refractivity contribution in [2.75, 3.05) is 13.6 Å². The van der Waals surface area contributed by atoms with E-state index in [4.69, 9.17) is 0 Å². The van der Waals surface area contributed by atoms with E-state index in [1.165, 1.54) is 5.56 Å². The van der Waals surface area contributed by atoms with Crippen LogP contribution < -0.4 is 0 Å². The highest BCUT2D eigenvalue weighted by atomic mass is 79.9. The molecule has 0 saturated carbocycles. The van der Waals surface area contributed by atoms with Crippen molar-refractivity contribution in [2.45, 2.75) is 19.4 Å². The van der Waals surface area contributed by atoms with Crippen LogP contribution in [0.4, 0.5) is 0 Å². The van der Waals surface area contributed by atoms with Crippen LogP contribution in [0.5, 0.6) is 0 Å². The summed E-state index contributed by atoms with van der Waals surface area (Å²) in [5.74, 6) is 0.229. The van der Waals surface area contributed by atoms with Crippen molar-refractivity contribution >= 4 is 21.7 Å². The van der Waals surface area contributed by atoms with E-state index in [9.17, 15) is 4.79 Å². The molecule has 110 valence electrons. The molecule has 2 aromatic carbocycles. The second-order valence-corrected chi connectivity index (χ2v) is 6.17. The highest BCUT2D eigenvalue weighted by Crippen LogP contribution is 2.12. The summed E-state index contributed by atoms with van der Waals surface area (Å²) in [6.07, 6.45) is 1.50. The number of nitrogens with zero attached hydrogens (tertiary/aromatic N) is 1. The number of halogens is 1. The first kappa shape index (κ1) is 15.9. The second-order valence-electron chi connectivity index (χ2n) is 5.26. The van der Waals surface area contributed by atoms with E-state index in [1.54, 1.807) is 0 Å². The van der Waals surface area contributed by atoms with Crippen LogP contribution in [0.15, 0.2) is 59.1 Å². The lowest BCUT2D eigenvalue weighted by Crippen LogP contribution is -2.19. The molecule has 0 radical (unpaired) electrons. The smallest absolute Gasteiger partial charge is 0.162 e. The van der Waals surface area contributed by atoms with Gasteiger partial charge < -0.3 is 4.90 Å². The average molecular weight is 346 g/mol. The molecule has 0 aromatic heterocycles. The normalized spacial score (nSPS) is 10.8. The Kier molecular flexibility index (Phi) is 6.15. The number of Topliss-reactive ketones (excluding diaryl/α,β-unsaturated/α-hetero) is 1. The maximum atomic E-state index is 12.0. The Hall–Kier alpha value is -1.45. The largest absolute Gasteiger partial charge is 0.302 e. The van der Waals surface area contributed by atoms with Crippen molar-refractivity contribution in [3.8, 4) is 0 Å². The molecule has 0 unspecified atom stereocenters. The summed E-state index contributed by atoms with van der Waals surface area (Å²) in [5.41, 5.74) is 2.10. The van der Waals surface area contributed by atoms with E-state index in [0.717, 1.165) is 29.5 Å². The Balaban J connectivity index is 1.73. The Labute approximate surface area is 134 Å². The number of benzene rings is 2. The molecule has 0 bridgehead atoms. The quantitative estimate of drug-likeness (QED) is 0.686. The predicted molar refractivity (Wildman–Crippen MR) is 90.5 cm³/mol. The lowest BCUT2D eigenvalue weighted by molar-refractivity contribution is 0.0976. The molecular formula is C18H20BrNO. The van der Waals surface area contributed by atoms with Gasteiger partial charge in [-0.3, -0.25) is 4.79 Å². The molecule has 2 aromatic rings. The Bertz CT molecular complexity index is 566. The summed E-state index contributed by atoms with van der Waals surface area (Å²) < 4.78 is 1.10. The third-order valence-electron chi connectivity index (χ3n) is 3.41. The minimum absolute atomic E-state index is 0.229. The fraction of sp³-hybridized carbons (Fsp3) is 0.278. The molecule has 21 heavy (non-hydrogen) atoms. The summed E-state index contributed by atoms with van der Waals surface area (Å²) in [5, 5.41) is 0. The Morgan fingerprint density at radius 3 is 2.38 bits per heavy atom. The van der Waals surface area contributed by atoms with E-state index in [1.807, 2.05) is 30.3 Å². The number of carbonyl (C=O) groups excluding carboxylic acids is 1. The van der Waals surface area contributed by atoms with Gasteiger partial charge in [-0.05, 0) is 37.7 Å². The van der Waals surface area contributed by atoms with E-state index < -0.39 is 0 Å². The first-order valence-electron chi connectivity index (χ1n) is 7.16. The van der Waals surface area contributed by atoms with Crippen LogP contribution in [0.1, 0.15) is 28.8 Å². The van der Waals surface area contributed by atoms with Crippen LogP contribution >= 0.6 is 15.9 Å². The van der Waals surface area contributed by atoms with Crippen LogP contribution in [0.3, 0.4) is 0 Å². The highest BCUT2D eigenvalue weighted by Gasteiger charge is 2.06. The summed E-state index contributed by atoms with van der Waals surface area (Å²) >= 11 is 3.44. The predicted octanol–water partition coefficient (Wildman–Crippen LogP) is 4.54. The van der Waals surface area contributed by atoms with Gasteiger partial charge in [0.05, 0.1) is 0 Å². The van der Waals surface area contributed by atoms with Gasteiger partial charge in [0.25, 0.3) is 0 Å². The standard InChI is InChI=1S/C18H20BrNO/c1-20(14-15-9-11-17(19)12-10-15)13-5-8-18(21)16-6-3-2-4-7-16/h2-4,6-7,9-12H,5,8,13-14H2,1H3. The van der Waals surface area contributed by atoms with Gasteiger partial charge in [0.15, 0.2) is 5.78 Å². The molecule has 0 heterocycles. The van der Waals surface area contributed by atoms with Crippen molar-refractivity contribution in [2.24, 2.45) is 0 Å². The van der Waals surface area contributed by atoms with Gasteiger partial charge in [0, 0.05) is 23.0 Å². The average Bonchev–Trinajstić information content (AvgIpc) is 2.50. The van der Waals surface area contributed by atoms with Crippen LogP contribution in [-0.4, -0.2) is 24.3 Å². The molecule has 3 heteroatoms. The molecule has 0 atom stereocenters. The molecule has 2 rings (SSSR count). The molecular weight excluding hydrogens is 326 g/mol. The maximum Gasteiger partial charge on any atom is 0.162 e. The monoisotopic (exact) mass is 345 g/mol. The van der Waals surface area contributed by atoms with Gasteiger partial charge in [-0.2, -0.15) is 0 Å².